The Bertz CT molecular complexity index is 810. The predicted octanol–water partition coefficient (Wildman–Crippen LogP) is 0.502. The van der Waals surface area contributed by atoms with Gasteiger partial charge in [0.05, 0.1) is 12.9 Å². The van der Waals surface area contributed by atoms with Crippen molar-refractivity contribution in [1.82, 2.24) is 29.7 Å². The number of hydrogen-bond acceptors (Lipinski definition) is 7. The maximum atomic E-state index is 12.5. The van der Waals surface area contributed by atoms with Gasteiger partial charge in [-0.1, -0.05) is 0 Å². The summed E-state index contributed by atoms with van der Waals surface area (Å²) in [6.07, 6.45) is 5.62. The molecular formula is C18H27N7O2. The van der Waals surface area contributed by atoms with Crippen LogP contribution in [0.5, 0.6) is 0 Å². The minimum absolute atomic E-state index is 0.0347. The molecule has 4 rings (SSSR count). The van der Waals surface area contributed by atoms with E-state index in [0.29, 0.717) is 25.2 Å². The molecule has 4 heterocycles. The lowest BCUT2D eigenvalue weighted by Gasteiger charge is -2.49. The first-order valence-corrected chi connectivity index (χ1v) is 9.50. The Balaban J connectivity index is 1.57. The minimum atomic E-state index is -0.0347. The third-order valence-corrected chi connectivity index (χ3v) is 6.07. The number of ether oxygens (including phenoxy) is 1. The number of rotatable bonds is 4. The van der Waals surface area contributed by atoms with Gasteiger partial charge in [0, 0.05) is 51.8 Å². The van der Waals surface area contributed by atoms with Crippen molar-refractivity contribution >= 4 is 22.9 Å². The van der Waals surface area contributed by atoms with Crippen molar-refractivity contribution in [2.24, 2.45) is 0 Å². The molecule has 2 aliphatic rings. The SMILES string of the molecule is COCCN1CCC2(CCC1=O)CN(c1ncnc3nc[nH]c13)CCN2C. The fourth-order valence-corrected chi connectivity index (χ4v) is 4.30. The molecule has 1 amide bonds. The average Bonchev–Trinajstić information content (AvgIpc) is 3.11. The summed E-state index contributed by atoms with van der Waals surface area (Å²) in [5.74, 6) is 1.13. The fourth-order valence-electron chi connectivity index (χ4n) is 4.30. The zero-order valence-corrected chi connectivity index (χ0v) is 16.0. The lowest BCUT2D eigenvalue weighted by Crippen LogP contribution is -2.61. The summed E-state index contributed by atoms with van der Waals surface area (Å²) in [5, 5.41) is 0. The third-order valence-electron chi connectivity index (χ3n) is 6.07. The Kier molecular flexibility index (Phi) is 4.96. The van der Waals surface area contributed by atoms with E-state index in [1.165, 1.54) is 0 Å². The predicted molar refractivity (Wildman–Crippen MR) is 102 cm³/mol. The number of H-pyrrole nitrogens is 1. The van der Waals surface area contributed by atoms with Crippen LogP contribution in [0.3, 0.4) is 0 Å². The lowest BCUT2D eigenvalue weighted by atomic mass is 9.86. The van der Waals surface area contributed by atoms with E-state index in [2.05, 4.69) is 36.8 Å². The highest BCUT2D eigenvalue weighted by atomic mass is 16.5. The van der Waals surface area contributed by atoms with Crippen LogP contribution >= 0.6 is 0 Å². The molecule has 2 fully saturated rings. The monoisotopic (exact) mass is 373 g/mol. The smallest absolute Gasteiger partial charge is 0.222 e. The van der Waals surface area contributed by atoms with Crippen LogP contribution in [0.15, 0.2) is 12.7 Å². The Labute approximate surface area is 158 Å². The number of carbonyl (C=O) groups is 1. The van der Waals surface area contributed by atoms with Crippen LogP contribution in [0.25, 0.3) is 11.2 Å². The summed E-state index contributed by atoms with van der Waals surface area (Å²) in [5.41, 5.74) is 1.53. The summed E-state index contributed by atoms with van der Waals surface area (Å²) < 4.78 is 5.16. The number of hydrogen-bond donors (Lipinski definition) is 1. The number of likely N-dealkylation sites (tertiary alicyclic amines) is 1. The normalized spacial score (nSPS) is 24.7. The molecule has 0 bridgehead atoms. The van der Waals surface area contributed by atoms with Crippen LogP contribution in [0, 0.1) is 0 Å². The zero-order valence-electron chi connectivity index (χ0n) is 16.0. The maximum absolute atomic E-state index is 12.5. The van der Waals surface area contributed by atoms with Crippen LogP contribution in [0.1, 0.15) is 19.3 Å². The molecule has 0 radical (unpaired) electrons. The van der Waals surface area contributed by atoms with Crippen LogP contribution < -0.4 is 4.90 Å². The number of aromatic amines is 1. The maximum Gasteiger partial charge on any atom is 0.222 e. The number of nitrogens with zero attached hydrogens (tertiary/aromatic N) is 6. The molecule has 9 heteroatoms. The molecule has 2 aliphatic heterocycles. The van der Waals surface area contributed by atoms with Crippen molar-refractivity contribution in [3.63, 3.8) is 0 Å². The summed E-state index contributed by atoms with van der Waals surface area (Å²) >= 11 is 0. The second kappa shape index (κ2) is 7.40. The molecule has 1 N–H and O–H groups in total. The molecule has 146 valence electrons. The van der Waals surface area contributed by atoms with Crippen molar-refractivity contribution < 1.29 is 9.53 Å². The van der Waals surface area contributed by atoms with Gasteiger partial charge in [-0.2, -0.15) is 0 Å². The van der Waals surface area contributed by atoms with Gasteiger partial charge in [-0.3, -0.25) is 9.69 Å². The molecular weight excluding hydrogens is 346 g/mol. The largest absolute Gasteiger partial charge is 0.383 e. The number of methoxy groups -OCH3 is 1. The average molecular weight is 373 g/mol. The van der Waals surface area contributed by atoms with E-state index >= 15 is 0 Å². The van der Waals surface area contributed by atoms with Crippen LogP contribution in [0.4, 0.5) is 5.82 Å². The number of nitrogens with one attached hydrogen (secondary N) is 1. The standard InChI is InChI=1S/C18H27N7O2/c1-23-7-8-25(17-15-16(20-12-19-15)21-13-22-17)11-18(23)4-3-14(26)24(6-5-18)9-10-27-2/h12-13H,3-11H2,1-2H3,(H,19,20,21,22). The molecule has 2 aromatic rings. The second-order valence-corrected chi connectivity index (χ2v) is 7.49. The fraction of sp³-hybridized carbons (Fsp3) is 0.667. The van der Waals surface area contributed by atoms with E-state index in [1.807, 2.05) is 4.90 Å². The number of anilines is 1. The highest BCUT2D eigenvalue weighted by Gasteiger charge is 2.42. The zero-order chi connectivity index (χ0) is 18.9. The first-order valence-electron chi connectivity index (χ1n) is 9.50. The van der Waals surface area contributed by atoms with Gasteiger partial charge in [-0.25, -0.2) is 15.0 Å². The van der Waals surface area contributed by atoms with E-state index in [1.54, 1.807) is 19.8 Å². The summed E-state index contributed by atoms with van der Waals surface area (Å²) in [6, 6.07) is 0. The quantitative estimate of drug-likeness (QED) is 0.835. The molecule has 1 spiro atoms. The van der Waals surface area contributed by atoms with E-state index in [4.69, 9.17) is 4.74 Å². The topological polar surface area (TPSA) is 90.5 Å². The summed E-state index contributed by atoms with van der Waals surface area (Å²) in [7, 11) is 3.85. The van der Waals surface area contributed by atoms with E-state index < -0.39 is 0 Å². The van der Waals surface area contributed by atoms with Gasteiger partial charge in [0.15, 0.2) is 11.5 Å². The molecule has 1 unspecified atom stereocenters. The van der Waals surface area contributed by atoms with E-state index in [0.717, 1.165) is 50.4 Å². The van der Waals surface area contributed by atoms with E-state index in [9.17, 15) is 4.79 Å². The Morgan fingerprint density at radius 1 is 1.22 bits per heavy atom. The van der Waals surface area contributed by atoms with E-state index in [-0.39, 0.29) is 11.4 Å². The van der Waals surface area contributed by atoms with Gasteiger partial charge >= 0.3 is 0 Å². The Morgan fingerprint density at radius 2 is 2.11 bits per heavy atom. The van der Waals surface area contributed by atoms with Gasteiger partial charge in [0.2, 0.25) is 5.91 Å². The second-order valence-electron chi connectivity index (χ2n) is 7.49. The molecule has 1 atom stereocenters. The number of carbonyl (C=O) groups excluding carboxylic acids is 1. The van der Waals surface area contributed by atoms with Gasteiger partial charge in [0.25, 0.3) is 0 Å². The van der Waals surface area contributed by atoms with Crippen molar-refractivity contribution in [1.29, 1.82) is 0 Å². The molecule has 2 saturated heterocycles. The Morgan fingerprint density at radius 3 is 2.96 bits per heavy atom. The number of likely N-dealkylation sites (N-methyl/N-ethyl adjacent to an activating group) is 1. The minimum Gasteiger partial charge on any atom is -0.383 e. The number of fused-ring (bicyclic) bond motifs is 1. The molecule has 0 saturated carbocycles. The molecule has 9 nitrogen and oxygen atoms in total. The van der Waals surface area contributed by atoms with Crippen molar-refractivity contribution in [3.8, 4) is 0 Å². The van der Waals surface area contributed by atoms with Crippen LogP contribution in [-0.2, 0) is 9.53 Å². The lowest BCUT2D eigenvalue weighted by molar-refractivity contribution is -0.131. The summed E-state index contributed by atoms with van der Waals surface area (Å²) in [6.45, 7) is 4.69. The van der Waals surface area contributed by atoms with Crippen molar-refractivity contribution in [3.05, 3.63) is 12.7 Å². The van der Waals surface area contributed by atoms with Gasteiger partial charge < -0.3 is 19.5 Å². The number of imidazole rings is 1. The van der Waals surface area contributed by atoms with Crippen LogP contribution in [0.2, 0.25) is 0 Å². The molecule has 0 aromatic carbocycles. The first kappa shape index (κ1) is 18.1. The van der Waals surface area contributed by atoms with Crippen molar-refractivity contribution in [2.75, 3.05) is 58.4 Å². The molecule has 2 aromatic heterocycles. The van der Waals surface area contributed by atoms with Crippen LogP contribution in [-0.4, -0.2) is 94.7 Å². The van der Waals surface area contributed by atoms with Gasteiger partial charge in [-0.15, -0.1) is 0 Å². The Hall–Kier alpha value is -2.26. The third kappa shape index (κ3) is 3.37. The highest BCUT2D eigenvalue weighted by Crippen LogP contribution is 2.34. The number of piperazine rings is 1. The highest BCUT2D eigenvalue weighted by molar-refractivity contribution is 5.82. The van der Waals surface area contributed by atoms with Gasteiger partial charge in [0.1, 0.15) is 11.8 Å². The molecule has 0 aliphatic carbocycles. The van der Waals surface area contributed by atoms with Gasteiger partial charge in [-0.05, 0) is 19.9 Å². The van der Waals surface area contributed by atoms with Crippen molar-refractivity contribution in [2.45, 2.75) is 24.8 Å². The number of amides is 1. The summed E-state index contributed by atoms with van der Waals surface area (Å²) in [4.78, 5) is 35.4. The number of aromatic nitrogens is 4. The first-order chi connectivity index (χ1) is 13.1. The molecule has 27 heavy (non-hydrogen) atoms.